The fraction of sp³-hybridized carbons (Fsp3) is 0.533. The van der Waals surface area contributed by atoms with Crippen LogP contribution in [0.1, 0.15) is 64.0 Å². The van der Waals surface area contributed by atoms with Crippen molar-refractivity contribution in [1.29, 1.82) is 0 Å². The van der Waals surface area contributed by atoms with Crippen LogP contribution in [0.15, 0.2) is 42.5 Å². The highest BCUT2D eigenvalue weighted by atomic mass is 35.5. The molecule has 2 amide bonds. The standard InChI is InChI=1S/C30H39ClN4O3/c1-29(2,3)38-28(37)32-16-6-7-21-10-13-24(31)22(19-21)20-33-30(14-15-30)27(36)35-18-17-34(23-11-12-23)25-8-4-5-9-26(25)35/h4-5,8-10,13,19,23,33H,6-7,11-12,14-18,20H2,1-3H3,(H,32,37). The topological polar surface area (TPSA) is 73.9 Å². The maximum Gasteiger partial charge on any atom is 0.407 e. The third kappa shape index (κ3) is 6.26. The van der Waals surface area contributed by atoms with Crippen molar-refractivity contribution in [2.45, 2.75) is 83.0 Å². The van der Waals surface area contributed by atoms with Gasteiger partial charge >= 0.3 is 6.09 Å². The number of ether oxygens (including phenoxy) is 1. The van der Waals surface area contributed by atoms with Crippen LogP contribution in [0.3, 0.4) is 0 Å². The van der Waals surface area contributed by atoms with Crippen LogP contribution in [-0.4, -0.2) is 48.8 Å². The number of alkyl carbamates (subject to hydrolysis) is 1. The molecule has 3 aliphatic rings. The minimum Gasteiger partial charge on any atom is -0.444 e. The van der Waals surface area contributed by atoms with E-state index in [1.807, 2.05) is 43.9 Å². The lowest BCUT2D eigenvalue weighted by Crippen LogP contribution is -2.53. The molecule has 2 aliphatic carbocycles. The number of benzene rings is 2. The highest BCUT2D eigenvalue weighted by Crippen LogP contribution is 2.44. The fourth-order valence-corrected chi connectivity index (χ4v) is 5.37. The van der Waals surface area contributed by atoms with Crippen molar-refractivity contribution in [3.8, 4) is 0 Å². The number of rotatable bonds is 9. The van der Waals surface area contributed by atoms with Gasteiger partial charge in [-0.15, -0.1) is 0 Å². The molecule has 0 atom stereocenters. The number of halogens is 1. The van der Waals surface area contributed by atoms with Gasteiger partial charge in [0.05, 0.1) is 16.9 Å². The number of amides is 2. The van der Waals surface area contributed by atoms with E-state index >= 15 is 0 Å². The molecular formula is C30H39ClN4O3. The van der Waals surface area contributed by atoms with Crippen LogP contribution in [0, 0.1) is 0 Å². The van der Waals surface area contributed by atoms with Crippen LogP contribution >= 0.6 is 11.6 Å². The molecule has 2 N–H and O–H groups in total. The molecule has 0 unspecified atom stereocenters. The molecule has 8 heteroatoms. The Morgan fingerprint density at radius 3 is 2.50 bits per heavy atom. The molecule has 2 fully saturated rings. The molecule has 7 nitrogen and oxygen atoms in total. The first-order chi connectivity index (χ1) is 18.2. The first-order valence-corrected chi connectivity index (χ1v) is 14.2. The Morgan fingerprint density at radius 1 is 1.08 bits per heavy atom. The summed E-state index contributed by atoms with van der Waals surface area (Å²) < 4.78 is 5.29. The molecule has 0 aromatic heterocycles. The summed E-state index contributed by atoms with van der Waals surface area (Å²) in [4.78, 5) is 30.1. The van der Waals surface area contributed by atoms with E-state index in [1.165, 1.54) is 18.5 Å². The molecule has 204 valence electrons. The number of fused-ring (bicyclic) bond motifs is 1. The summed E-state index contributed by atoms with van der Waals surface area (Å²) in [7, 11) is 0. The number of carbonyl (C=O) groups is 2. The van der Waals surface area contributed by atoms with E-state index in [2.05, 4.69) is 39.8 Å². The molecule has 2 aromatic rings. The van der Waals surface area contributed by atoms with Crippen molar-refractivity contribution >= 4 is 35.0 Å². The van der Waals surface area contributed by atoms with Gasteiger partial charge in [-0.25, -0.2) is 4.79 Å². The Kier molecular flexibility index (Phi) is 7.60. The van der Waals surface area contributed by atoms with E-state index in [0.717, 1.165) is 55.6 Å². The van der Waals surface area contributed by atoms with Gasteiger partial charge in [-0.2, -0.15) is 0 Å². The maximum absolute atomic E-state index is 13.8. The second-order valence-corrected chi connectivity index (χ2v) is 12.2. The minimum atomic E-state index is -0.522. The van der Waals surface area contributed by atoms with Gasteiger partial charge in [-0.05, 0) is 88.6 Å². The lowest BCUT2D eigenvalue weighted by molar-refractivity contribution is -0.121. The first kappa shape index (κ1) is 26.8. The second kappa shape index (κ2) is 10.8. The van der Waals surface area contributed by atoms with Crippen molar-refractivity contribution < 1.29 is 14.3 Å². The van der Waals surface area contributed by atoms with Gasteiger partial charge in [0, 0.05) is 37.2 Å². The number of nitrogens with one attached hydrogen (secondary N) is 2. The van der Waals surface area contributed by atoms with E-state index in [0.29, 0.717) is 24.2 Å². The lowest BCUT2D eigenvalue weighted by Gasteiger charge is -2.39. The Hall–Kier alpha value is -2.77. The molecular weight excluding hydrogens is 500 g/mol. The predicted octanol–water partition coefficient (Wildman–Crippen LogP) is 5.44. The first-order valence-electron chi connectivity index (χ1n) is 13.8. The summed E-state index contributed by atoms with van der Waals surface area (Å²) in [5, 5.41) is 7.07. The van der Waals surface area contributed by atoms with Gasteiger partial charge in [0.1, 0.15) is 5.60 Å². The maximum atomic E-state index is 13.8. The van der Waals surface area contributed by atoms with E-state index in [-0.39, 0.29) is 5.91 Å². The van der Waals surface area contributed by atoms with E-state index < -0.39 is 17.2 Å². The van der Waals surface area contributed by atoms with Crippen molar-refractivity contribution in [3.05, 3.63) is 58.6 Å². The number of anilines is 2. The average molecular weight is 539 g/mol. The van der Waals surface area contributed by atoms with Crippen LogP contribution in [0.25, 0.3) is 0 Å². The summed E-state index contributed by atoms with van der Waals surface area (Å²) in [6, 6.07) is 15.0. The van der Waals surface area contributed by atoms with Gasteiger partial charge in [0.2, 0.25) is 5.91 Å². The molecule has 0 radical (unpaired) electrons. The summed E-state index contributed by atoms with van der Waals surface area (Å²) in [6.07, 6.45) is 5.38. The largest absolute Gasteiger partial charge is 0.444 e. The van der Waals surface area contributed by atoms with Crippen LogP contribution in [0.5, 0.6) is 0 Å². The Labute approximate surface area is 230 Å². The molecule has 2 aromatic carbocycles. The number of hydrogen-bond donors (Lipinski definition) is 2. The SMILES string of the molecule is CC(C)(C)OC(=O)NCCCc1ccc(Cl)c(CNC2(C(=O)N3CCN(C4CC4)c4ccccc43)CC2)c1. The van der Waals surface area contributed by atoms with E-state index in [4.69, 9.17) is 16.3 Å². The number of para-hydroxylation sites is 2. The van der Waals surface area contributed by atoms with Crippen molar-refractivity contribution in [1.82, 2.24) is 10.6 Å². The Bertz CT molecular complexity index is 1190. The fourth-order valence-electron chi connectivity index (χ4n) is 5.19. The van der Waals surface area contributed by atoms with Gasteiger partial charge < -0.3 is 19.9 Å². The van der Waals surface area contributed by atoms with Crippen LogP contribution in [0.2, 0.25) is 5.02 Å². The quantitative estimate of drug-likeness (QED) is 0.416. The molecule has 2 saturated carbocycles. The molecule has 0 bridgehead atoms. The normalized spacial score (nSPS) is 18.1. The summed E-state index contributed by atoms with van der Waals surface area (Å²) in [5.74, 6) is 0.167. The molecule has 0 saturated heterocycles. The monoisotopic (exact) mass is 538 g/mol. The van der Waals surface area contributed by atoms with Crippen LogP contribution in [-0.2, 0) is 22.5 Å². The van der Waals surface area contributed by atoms with Gasteiger partial charge in [0.25, 0.3) is 0 Å². The predicted molar refractivity (Wildman–Crippen MR) is 152 cm³/mol. The van der Waals surface area contributed by atoms with Crippen LogP contribution in [0.4, 0.5) is 16.2 Å². The van der Waals surface area contributed by atoms with Crippen molar-refractivity contribution in [2.24, 2.45) is 0 Å². The number of aryl methyl sites for hydroxylation is 1. The lowest BCUT2D eigenvalue weighted by atomic mass is 10.1. The third-order valence-corrected chi connectivity index (χ3v) is 7.85. The third-order valence-electron chi connectivity index (χ3n) is 7.48. The number of nitrogens with zero attached hydrogens (tertiary/aromatic N) is 2. The second-order valence-electron chi connectivity index (χ2n) is 11.8. The average Bonchev–Trinajstić information content (AvgIpc) is 3.80. The molecule has 1 heterocycles. The summed E-state index contributed by atoms with van der Waals surface area (Å²) in [6.45, 7) is 8.25. The highest BCUT2D eigenvalue weighted by molar-refractivity contribution is 6.31. The van der Waals surface area contributed by atoms with Crippen LogP contribution < -0.4 is 20.4 Å². The Balaban J connectivity index is 1.17. The Morgan fingerprint density at radius 2 is 1.82 bits per heavy atom. The van der Waals surface area contributed by atoms with Gasteiger partial charge in [-0.3, -0.25) is 10.1 Å². The number of hydrogen-bond acceptors (Lipinski definition) is 5. The smallest absolute Gasteiger partial charge is 0.407 e. The minimum absolute atomic E-state index is 0.167. The zero-order valence-corrected chi connectivity index (χ0v) is 23.4. The molecule has 0 spiro atoms. The number of carbonyl (C=O) groups excluding carboxylic acids is 2. The van der Waals surface area contributed by atoms with Gasteiger partial charge in [-0.1, -0.05) is 35.9 Å². The van der Waals surface area contributed by atoms with Crippen molar-refractivity contribution in [3.63, 3.8) is 0 Å². The van der Waals surface area contributed by atoms with E-state index in [1.54, 1.807) is 0 Å². The van der Waals surface area contributed by atoms with E-state index in [9.17, 15) is 9.59 Å². The molecule has 5 rings (SSSR count). The van der Waals surface area contributed by atoms with Gasteiger partial charge in [0.15, 0.2) is 0 Å². The van der Waals surface area contributed by atoms with Crippen molar-refractivity contribution in [2.75, 3.05) is 29.4 Å². The molecule has 1 aliphatic heterocycles. The summed E-state index contributed by atoms with van der Waals surface area (Å²) in [5.41, 5.74) is 3.33. The summed E-state index contributed by atoms with van der Waals surface area (Å²) >= 11 is 6.54. The zero-order valence-electron chi connectivity index (χ0n) is 22.7. The highest BCUT2D eigenvalue weighted by Gasteiger charge is 2.52. The molecule has 38 heavy (non-hydrogen) atoms. The zero-order chi connectivity index (χ0) is 26.9.